The number of nitrogens with one attached hydrogen (secondary N) is 1. The van der Waals surface area contributed by atoms with Gasteiger partial charge in [0, 0.05) is 17.3 Å². The molecule has 1 heterocycles. The van der Waals surface area contributed by atoms with Gasteiger partial charge in [0.25, 0.3) is 5.91 Å². The molecule has 0 aliphatic rings. The van der Waals surface area contributed by atoms with E-state index < -0.39 is 11.7 Å². The van der Waals surface area contributed by atoms with Crippen molar-refractivity contribution in [2.24, 2.45) is 5.73 Å². The van der Waals surface area contributed by atoms with E-state index in [2.05, 4.69) is 4.98 Å². The summed E-state index contributed by atoms with van der Waals surface area (Å²) in [6, 6.07) is 6.54. The number of halogens is 1. The molecule has 0 aliphatic carbocycles. The molecule has 0 atom stereocenters. The van der Waals surface area contributed by atoms with Gasteiger partial charge in [0.2, 0.25) is 0 Å². The SMILES string of the molecule is NC(=O)c1cc(C(=O)c2ccc(F)cc2)c[nH]1. The van der Waals surface area contributed by atoms with E-state index in [1.54, 1.807) is 0 Å². The lowest BCUT2D eigenvalue weighted by Crippen LogP contribution is -2.10. The molecule has 0 spiro atoms. The van der Waals surface area contributed by atoms with Crippen LogP contribution in [0.25, 0.3) is 0 Å². The number of ketones is 1. The second-order valence-electron chi connectivity index (χ2n) is 3.50. The molecule has 0 saturated carbocycles. The second-order valence-corrected chi connectivity index (χ2v) is 3.50. The Balaban J connectivity index is 2.30. The summed E-state index contributed by atoms with van der Waals surface area (Å²) in [5.74, 6) is -1.34. The van der Waals surface area contributed by atoms with Crippen molar-refractivity contribution in [2.75, 3.05) is 0 Å². The monoisotopic (exact) mass is 232 g/mol. The van der Waals surface area contributed by atoms with Crippen LogP contribution in [0.3, 0.4) is 0 Å². The average molecular weight is 232 g/mol. The van der Waals surface area contributed by atoms with Gasteiger partial charge in [-0.3, -0.25) is 9.59 Å². The molecule has 0 aliphatic heterocycles. The molecule has 0 unspecified atom stereocenters. The minimum absolute atomic E-state index is 0.162. The van der Waals surface area contributed by atoms with Crippen LogP contribution in [0.1, 0.15) is 26.4 Å². The number of carbonyl (C=O) groups is 2. The second kappa shape index (κ2) is 4.21. The molecule has 4 nitrogen and oxygen atoms in total. The number of H-pyrrole nitrogens is 1. The predicted octanol–water partition coefficient (Wildman–Crippen LogP) is 1.48. The van der Waals surface area contributed by atoms with E-state index in [1.807, 2.05) is 0 Å². The Morgan fingerprint density at radius 1 is 1.12 bits per heavy atom. The van der Waals surface area contributed by atoms with E-state index in [0.29, 0.717) is 11.1 Å². The smallest absolute Gasteiger partial charge is 0.265 e. The molecule has 0 radical (unpaired) electrons. The van der Waals surface area contributed by atoms with Crippen LogP contribution >= 0.6 is 0 Å². The minimum Gasteiger partial charge on any atom is -0.364 e. The lowest BCUT2D eigenvalue weighted by molar-refractivity contribution is 0.0995. The van der Waals surface area contributed by atoms with Crippen molar-refractivity contribution in [3.8, 4) is 0 Å². The quantitative estimate of drug-likeness (QED) is 0.786. The Labute approximate surface area is 96.3 Å². The van der Waals surface area contributed by atoms with Crippen molar-refractivity contribution in [3.05, 3.63) is 59.2 Å². The van der Waals surface area contributed by atoms with Gasteiger partial charge in [0.15, 0.2) is 5.78 Å². The lowest BCUT2D eigenvalue weighted by atomic mass is 10.1. The van der Waals surface area contributed by atoms with Crippen molar-refractivity contribution < 1.29 is 14.0 Å². The topological polar surface area (TPSA) is 76.0 Å². The molecule has 0 fully saturated rings. The standard InChI is InChI=1S/C12H9FN2O2/c13-9-3-1-7(2-4-9)11(16)8-5-10(12(14)17)15-6-8/h1-6,15H,(H2,14,17). The van der Waals surface area contributed by atoms with Crippen LogP contribution in [0.2, 0.25) is 0 Å². The van der Waals surface area contributed by atoms with Gasteiger partial charge in [0.1, 0.15) is 11.5 Å². The van der Waals surface area contributed by atoms with E-state index in [-0.39, 0.29) is 11.5 Å². The summed E-state index contributed by atoms with van der Waals surface area (Å²) < 4.78 is 12.7. The predicted molar refractivity (Wildman–Crippen MR) is 59.1 cm³/mol. The molecule has 0 saturated heterocycles. The van der Waals surface area contributed by atoms with Gasteiger partial charge < -0.3 is 10.7 Å². The highest BCUT2D eigenvalue weighted by atomic mass is 19.1. The van der Waals surface area contributed by atoms with E-state index in [0.717, 1.165) is 0 Å². The number of aromatic amines is 1. The first-order chi connectivity index (χ1) is 8.08. The highest BCUT2D eigenvalue weighted by Gasteiger charge is 2.12. The van der Waals surface area contributed by atoms with Crippen molar-refractivity contribution in [2.45, 2.75) is 0 Å². The van der Waals surface area contributed by atoms with Gasteiger partial charge in [-0.15, -0.1) is 0 Å². The van der Waals surface area contributed by atoms with Crippen LogP contribution in [0.4, 0.5) is 4.39 Å². The van der Waals surface area contributed by atoms with E-state index in [9.17, 15) is 14.0 Å². The summed E-state index contributed by atoms with van der Waals surface area (Å²) >= 11 is 0. The molecule has 1 aromatic heterocycles. The number of amides is 1. The van der Waals surface area contributed by atoms with Gasteiger partial charge in [-0.2, -0.15) is 0 Å². The Morgan fingerprint density at radius 3 is 2.29 bits per heavy atom. The largest absolute Gasteiger partial charge is 0.364 e. The number of benzene rings is 1. The summed E-state index contributed by atoms with van der Waals surface area (Å²) in [7, 11) is 0. The molecule has 2 aromatic rings. The molecule has 3 N–H and O–H groups in total. The van der Waals surface area contributed by atoms with Crippen LogP contribution < -0.4 is 5.73 Å². The fourth-order valence-electron chi connectivity index (χ4n) is 1.44. The molecule has 5 heteroatoms. The van der Waals surface area contributed by atoms with Crippen molar-refractivity contribution in [3.63, 3.8) is 0 Å². The van der Waals surface area contributed by atoms with Gasteiger partial charge in [0.05, 0.1) is 0 Å². The first kappa shape index (κ1) is 11.1. The van der Waals surface area contributed by atoms with Crippen LogP contribution in [-0.2, 0) is 0 Å². The number of nitrogens with two attached hydrogens (primary N) is 1. The summed E-state index contributed by atoms with van der Waals surface area (Å²) in [5, 5.41) is 0. The van der Waals surface area contributed by atoms with Crippen LogP contribution in [0, 0.1) is 5.82 Å². The maximum Gasteiger partial charge on any atom is 0.265 e. The maximum atomic E-state index is 12.7. The van der Waals surface area contributed by atoms with Crippen LogP contribution in [0.15, 0.2) is 36.5 Å². The Hall–Kier alpha value is -2.43. The summed E-state index contributed by atoms with van der Waals surface area (Å²) in [6.07, 6.45) is 1.39. The number of rotatable bonds is 3. The number of hydrogen-bond acceptors (Lipinski definition) is 2. The van der Waals surface area contributed by atoms with Gasteiger partial charge in [-0.1, -0.05) is 0 Å². The molecular formula is C12H9FN2O2. The van der Waals surface area contributed by atoms with Crippen LogP contribution in [-0.4, -0.2) is 16.7 Å². The van der Waals surface area contributed by atoms with E-state index in [4.69, 9.17) is 5.73 Å². The fourth-order valence-corrected chi connectivity index (χ4v) is 1.44. The third-order valence-corrected chi connectivity index (χ3v) is 2.32. The van der Waals surface area contributed by atoms with Gasteiger partial charge in [-0.25, -0.2) is 4.39 Å². The fraction of sp³-hybridized carbons (Fsp3) is 0. The Morgan fingerprint density at radius 2 is 1.76 bits per heavy atom. The number of aromatic nitrogens is 1. The van der Waals surface area contributed by atoms with Gasteiger partial charge >= 0.3 is 0 Å². The third-order valence-electron chi connectivity index (χ3n) is 2.32. The maximum absolute atomic E-state index is 12.7. The Kier molecular flexibility index (Phi) is 2.74. The third kappa shape index (κ3) is 2.23. The Bertz CT molecular complexity index is 572. The zero-order chi connectivity index (χ0) is 12.4. The number of hydrogen-bond donors (Lipinski definition) is 2. The van der Waals surface area contributed by atoms with Crippen molar-refractivity contribution in [1.82, 2.24) is 4.98 Å². The minimum atomic E-state index is -0.636. The molecule has 86 valence electrons. The molecular weight excluding hydrogens is 223 g/mol. The van der Waals surface area contributed by atoms with E-state index >= 15 is 0 Å². The van der Waals surface area contributed by atoms with Crippen molar-refractivity contribution >= 4 is 11.7 Å². The highest BCUT2D eigenvalue weighted by Crippen LogP contribution is 2.11. The summed E-state index contributed by atoms with van der Waals surface area (Å²) in [4.78, 5) is 25.3. The number of carbonyl (C=O) groups excluding carboxylic acids is 2. The first-order valence-corrected chi connectivity index (χ1v) is 4.86. The van der Waals surface area contributed by atoms with E-state index in [1.165, 1.54) is 36.5 Å². The zero-order valence-corrected chi connectivity index (χ0v) is 8.74. The number of primary amides is 1. The summed E-state index contributed by atoms with van der Waals surface area (Å²) in [6.45, 7) is 0. The molecule has 1 aromatic carbocycles. The normalized spacial score (nSPS) is 10.2. The summed E-state index contributed by atoms with van der Waals surface area (Å²) in [5.41, 5.74) is 5.88. The van der Waals surface area contributed by atoms with Crippen molar-refractivity contribution in [1.29, 1.82) is 0 Å². The molecule has 2 rings (SSSR count). The molecule has 1 amide bonds. The highest BCUT2D eigenvalue weighted by molar-refractivity contribution is 6.10. The molecule has 0 bridgehead atoms. The lowest BCUT2D eigenvalue weighted by Gasteiger charge is -1.97. The molecule has 17 heavy (non-hydrogen) atoms. The van der Waals surface area contributed by atoms with Gasteiger partial charge in [-0.05, 0) is 30.3 Å². The zero-order valence-electron chi connectivity index (χ0n) is 8.74. The van der Waals surface area contributed by atoms with Crippen LogP contribution in [0.5, 0.6) is 0 Å². The average Bonchev–Trinajstić information content (AvgIpc) is 2.78. The first-order valence-electron chi connectivity index (χ1n) is 4.86.